The molecule has 1 saturated heterocycles. The molecule has 0 aromatic heterocycles. The van der Waals surface area contributed by atoms with Gasteiger partial charge in [-0.15, -0.1) is 0 Å². The number of nitrogens with one attached hydrogen (secondary N) is 1. The Kier molecular flexibility index (Phi) is 4.81. The number of carbonyl (C=O) groups is 1. The zero-order valence-corrected chi connectivity index (χ0v) is 12.4. The van der Waals surface area contributed by atoms with Crippen LogP contribution in [0.5, 0.6) is 5.75 Å². The van der Waals surface area contributed by atoms with Gasteiger partial charge in [-0.2, -0.15) is 0 Å². The van der Waals surface area contributed by atoms with E-state index in [0.29, 0.717) is 26.1 Å². The molecule has 0 amide bonds. The van der Waals surface area contributed by atoms with Gasteiger partial charge in [0.1, 0.15) is 11.3 Å². The van der Waals surface area contributed by atoms with Crippen molar-refractivity contribution in [2.45, 2.75) is 23.8 Å². The number of hydrogen-bond acceptors (Lipinski definition) is 5. The lowest BCUT2D eigenvalue weighted by Gasteiger charge is -2.23. The number of ether oxygens (including phenoxy) is 2. The van der Waals surface area contributed by atoms with Crippen LogP contribution >= 0.6 is 0 Å². The molecule has 7 nitrogen and oxygen atoms in total. The fourth-order valence-electron chi connectivity index (χ4n) is 2.12. The fourth-order valence-corrected chi connectivity index (χ4v) is 3.46. The van der Waals surface area contributed by atoms with Gasteiger partial charge in [0, 0.05) is 19.3 Å². The Hall–Kier alpha value is -1.64. The van der Waals surface area contributed by atoms with Crippen molar-refractivity contribution in [3.63, 3.8) is 0 Å². The van der Waals surface area contributed by atoms with Crippen LogP contribution in [0.1, 0.15) is 23.2 Å². The molecular weight excluding hydrogens is 298 g/mol. The number of benzene rings is 1. The molecule has 0 radical (unpaired) electrons. The predicted molar refractivity (Wildman–Crippen MR) is 74.1 cm³/mol. The van der Waals surface area contributed by atoms with E-state index in [9.17, 15) is 13.2 Å². The van der Waals surface area contributed by atoms with E-state index < -0.39 is 16.0 Å². The fraction of sp³-hybridized carbons (Fsp3) is 0.462. The molecule has 0 atom stereocenters. The van der Waals surface area contributed by atoms with Gasteiger partial charge in [-0.05, 0) is 31.0 Å². The maximum Gasteiger partial charge on any atom is 0.339 e. The van der Waals surface area contributed by atoms with E-state index in [1.54, 1.807) is 0 Å². The molecule has 2 N–H and O–H groups in total. The van der Waals surface area contributed by atoms with Crippen LogP contribution in [0.15, 0.2) is 23.1 Å². The first-order chi connectivity index (χ1) is 9.94. The minimum Gasteiger partial charge on any atom is -0.496 e. The summed E-state index contributed by atoms with van der Waals surface area (Å²) in [6.45, 7) is 1.02. The third-order valence-corrected chi connectivity index (χ3v) is 4.77. The summed E-state index contributed by atoms with van der Waals surface area (Å²) in [5, 5.41) is 9.10. The largest absolute Gasteiger partial charge is 0.496 e. The van der Waals surface area contributed by atoms with Crippen LogP contribution in [0, 0.1) is 0 Å². The lowest BCUT2D eigenvalue weighted by atomic mass is 10.1. The maximum atomic E-state index is 12.3. The van der Waals surface area contributed by atoms with Gasteiger partial charge in [0.15, 0.2) is 0 Å². The molecule has 0 bridgehead atoms. The Morgan fingerprint density at radius 3 is 2.62 bits per heavy atom. The quantitative estimate of drug-likeness (QED) is 0.835. The molecule has 1 aromatic carbocycles. The normalized spacial score (nSPS) is 16.6. The minimum atomic E-state index is -3.77. The van der Waals surface area contributed by atoms with Crippen LogP contribution in [-0.2, 0) is 14.8 Å². The molecule has 0 saturated carbocycles. The van der Waals surface area contributed by atoms with Gasteiger partial charge in [-0.1, -0.05) is 0 Å². The first-order valence-electron chi connectivity index (χ1n) is 6.45. The van der Waals surface area contributed by atoms with Crippen molar-refractivity contribution >= 4 is 16.0 Å². The average molecular weight is 315 g/mol. The topological polar surface area (TPSA) is 102 Å². The summed E-state index contributed by atoms with van der Waals surface area (Å²) in [5.41, 5.74) is -0.188. The van der Waals surface area contributed by atoms with E-state index in [2.05, 4.69) is 4.72 Å². The highest BCUT2D eigenvalue weighted by Gasteiger charge is 2.24. The molecule has 0 unspecified atom stereocenters. The maximum absolute atomic E-state index is 12.3. The van der Waals surface area contributed by atoms with E-state index in [0.717, 1.165) is 6.07 Å². The number of rotatable bonds is 5. The van der Waals surface area contributed by atoms with Gasteiger partial charge in [-0.25, -0.2) is 17.9 Å². The molecule has 1 aliphatic rings. The molecule has 1 aromatic rings. The number of sulfonamides is 1. The summed E-state index contributed by atoms with van der Waals surface area (Å²) >= 11 is 0. The molecular formula is C13H17NO6S. The second kappa shape index (κ2) is 6.42. The Balaban J connectivity index is 2.27. The summed E-state index contributed by atoms with van der Waals surface area (Å²) in [4.78, 5) is 11.0. The van der Waals surface area contributed by atoms with E-state index >= 15 is 0 Å². The number of carboxylic acid groups (broad SMARTS) is 1. The van der Waals surface area contributed by atoms with Gasteiger partial charge in [-0.3, -0.25) is 0 Å². The number of hydrogen-bond donors (Lipinski definition) is 2. The van der Waals surface area contributed by atoms with Crippen molar-refractivity contribution in [1.29, 1.82) is 0 Å². The van der Waals surface area contributed by atoms with Crippen LogP contribution in [0.4, 0.5) is 0 Å². The highest BCUT2D eigenvalue weighted by atomic mass is 32.2. The standard InChI is InChI=1S/C13H17NO6S/c1-19-12-3-2-10(8-11(12)13(15)16)21(17,18)14-9-4-6-20-7-5-9/h2-3,8-9,14H,4-7H2,1H3,(H,15,16). The summed E-state index contributed by atoms with van der Waals surface area (Å²) in [7, 11) is -2.44. The van der Waals surface area contributed by atoms with Gasteiger partial charge in [0.2, 0.25) is 10.0 Å². The molecule has 8 heteroatoms. The van der Waals surface area contributed by atoms with Crippen molar-refractivity contribution in [3.05, 3.63) is 23.8 Å². The zero-order chi connectivity index (χ0) is 15.5. The van der Waals surface area contributed by atoms with Crippen LogP contribution < -0.4 is 9.46 Å². The molecule has 1 fully saturated rings. The van der Waals surface area contributed by atoms with Crippen LogP contribution in [0.3, 0.4) is 0 Å². The molecule has 1 heterocycles. The smallest absolute Gasteiger partial charge is 0.339 e. The van der Waals surface area contributed by atoms with Gasteiger partial charge in [0.25, 0.3) is 0 Å². The van der Waals surface area contributed by atoms with Gasteiger partial charge in [0.05, 0.1) is 12.0 Å². The highest BCUT2D eigenvalue weighted by molar-refractivity contribution is 7.89. The lowest BCUT2D eigenvalue weighted by Crippen LogP contribution is -2.38. The monoisotopic (exact) mass is 315 g/mol. The number of aromatic carboxylic acids is 1. The van der Waals surface area contributed by atoms with Crippen LogP contribution in [0.2, 0.25) is 0 Å². The van der Waals surface area contributed by atoms with Crippen molar-refractivity contribution in [3.8, 4) is 5.75 Å². The first-order valence-corrected chi connectivity index (χ1v) is 7.94. The third kappa shape index (κ3) is 3.72. The highest BCUT2D eigenvalue weighted by Crippen LogP contribution is 2.23. The first kappa shape index (κ1) is 15.7. The third-order valence-electron chi connectivity index (χ3n) is 3.25. The molecule has 116 valence electrons. The van der Waals surface area contributed by atoms with Crippen molar-refractivity contribution in [2.24, 2.45) is 0 Å². The van der Waals surface area contributed by atoms with E-state index in [1.165, 1.54) is 19.2 Å². The van der Waals surface area contributed by atoms with Crippen molar-refractivity contribution < 1.29 is 27.8 Å². The average Bonchev–Trinajstić information content (AvgIpc) is 2.47. The molecule has 2 rings (SSSR count). The second-order valence-electron chi connectivity index (χ2n) is 4.68. The SMILES string of the molecule is COc1ccc(S(=O)(=O)NC2CCOCC2)cc1C(=O)O. The molecule has 0 spiro atoms. The Bertz CT molecular complexity index is 622. The van der Waals surface area contributed by atoms with E-state index in [1.807, 2.05) is 0 Å². The van der Waals surface area contributed by atoms with Crippen LogP contribution in [0.25, 0.3) is 0 Å². The van der Waals surface area contributed by atoms with Gasteiger partial charge >= 0.3 is 5.97 Å². The molecule has 1 aliphatic heterocycles. The Morgan fingerprint density at radius 2 is 2.05 bits per heavy atom. The summed E-state index contributed by atoms with van der Waals surface area (Å²) in [5.74, 6) is -1.12. The summed E-state index contributed by atoms with van der Waals surface area (Å²) in [6, 6.07) is 3.57. The van der Waals surface area contributed by atoms with Crippen molar-refractivity contribution in [2.75, 3.05) is 20.3 Å². The predicted octanol–water partition coefficient (Wildman–Crippen LogP) is 0.851. The molecule has 0 aliphatic carbocycles. The molecule has 21 heavy (non-hydrogen) atoms. The Labute approximate surface area is 122 Å². The number of methoxy groups -OCH3 is 1. The summed E-state index contributed by atoms with van der Waals surface area (Å²) < 4.78 is 37.2. The minimum absolute atomic E-state index is 0.0906. The van der Waals surface area contributed by atoms with E-state index in [-0.39, 0.29) is 22.3 Å². The number of carboxylic acids is 1. The van der Waals surface area contributed by atoms with Gasteiger partial charge < -0.3 is 14.6 Å². The summed E-state index contributed by atoms with van der Waals surface area (Å²) in [6.07, 6.45) is 1.20. The lowest BCUT2D eigenvalue weighted by molar-refractivity contribution is 0.0693. The van der Waals surface area contributed by atoms with Crippen LogP contribution in [-0.4, -0.2) is 45.9 Å². The van der Waals surface area contributed by atoms with Crippen molar-refractivity contribution in [1.82, 2.24) is 4.72 Å². The van der Waals surface area contributed by atoms with E-state index in [4.69, 9.17) is 14.6 Å². The second-order valence-corrected chi connectivity index (χ2v) is 6.39. The Morgan fingerprint density at radius 1 is 1.38 bits per heavy atom. The zero-order valence-electron chi connectivity index (χ0n) is 11.5.